The van der Waals surface area contributed by atoms with Crippen LogP contribution in [-0.2, 0) is 17.9 Å². The standard InChI is InChI=1S/C17H18BrNO4/c1-22-15-7-13(10-20)14(18)8-16(15)23-11-17(21)19-9-12-5-3-2-4-6-12/h2-8,20H,9-11H2,1H3,(H,19,21). The minimum absolute atomic E-state index is 0.116. The number of carbonyl (C=O) groups excluding carboxylic acids is 1. The molecule has 0 fully saturated rings. The highest BCUT2D eigenvalue weighted by molar-refractivity contribution is 9.10. The van der Waals surface area contributed by atoms with Gasteiger partial charge in [-0.1, -0.05) is 46.3 Å². The molecule has 0 aromatic heterocycles. The first-order valence-electron chi connectivity index (χ1n) is 7.04. The van der Waals surface area contributed by atoms with Gasteiger partial charge in [0.25, 0.3) is 5.91 Å². The van der Waals surface area contributed by atoms with E-state index in [9.17, 15) is 9.90 Å². The van der Waals surface area contributed by atoms with E-state index in [4.69, 9.17) is 9.47 Å². The molecule has 23 heavy (non-hydrogen) atoms. The number of hydrogen-bond donors (Lipinski definition) is 2. The maximum absolute atomic E-state index is 11.9. The predicted octanol–water partition coefficient (Wildman–Crippen LogP) is 2.65. The van der Waals surface area contributed by atoms with Crippen LogP contribution in [0.4, 0.5) is 0 Å². The van der Waals surface area contributed by atoms with Crippen molar-refractivity contribution in [2.45, 2.75) is 13.2 Å². The molecule has 122 valence electrons. The van der Waals surface area contributed by atoms with Crippen LogP contribution in [-0.4, -0.2) is 24.7 Å². The van der Waals surface area contributed by atoms with Gasteiger partial charge in [0.1, 0.15) is 0 Å². The third-order valence-corrected chi connectivity index (χ3v) is 3.93. The Morgan fingerprint density at radius 1 is 1.22 bits per heavy atom. The van der Waals surface area contributed by atoms with E-state index in [-0.39, 0.29) is 19.1 Å². The van der Waals surface area contributed by atoms with Crippen molar-refractivity contribution < 1.29 is 19.4 Å². The van der Waals surface area contributed by atoms with Gasteiger partial charge in [-0.3, -0.25) is 4.79 Å². The minimum atomic E-state index is -0.224. The summed E-state index contributed by atoms with van der Waals surface area (Å²) in [6.07, 6.45) is 0. The van der Waals surface area contributed by atoms with E-state index >= 15 is 0 Å². The largest absolute Gasteiger partial charge is 0.493 e. The summed E-state index contributed by atoms with van der Waals surface area (Å²) in [5.41, 5.74) is 1.70. The van der Waals surface area contributed by atoms with Crippen molar-refractivity contribution >= 4 is 21.8 Å². The molecular weight excluding hydrogens is 362 g/mol. The highest BCUT2D eigenvalue weighted by Gasteiger charge is 2.11. The lowest BCUT2D eigenvalue weighted by Crippen LogP contribution is -2.28. The Morgan fingerprint density at radius 2 is 1.96 bits per heavy atom. The quantitative estimate of drug-likeness (QED) is 0.775. The second-order valence-corrected chi connectivity index (χ2v) is 5.66. The van der Waals surface area contributed by atoms with Crippen molar-refractivity contribution in [1.82, 2.24) is 5.32 Å². The zero-order chi connectivity index (χ0) is 16.7. The predicted molar refractivity (Wildman–Crippen MR) is 90.4 cm³/mol. The number of hydrogen-bond acceptors (Lipinski definition) is 4. The lowest BCUT2D eigenvalue weighted by molar-refractivity contribution is -0.123. The molecule has 2 aromatic rings. The Kier molecular flexibility index (Phi) is 6.43. The number of nitrogens with one attached hydrogen (secondary N) is 1. The Morgan fingerprint density at radius 3 is 2.61 bits per heavy atom. The van der Waals surface area contributed by atoms with Gasteiger partial charge in [0.2, 0.25) is 0 Å². The fourth-order valence-electron chi connectivity index (χ4n) is 1.96. The molecule has 0 unspecified atom stereocenters. The van der Waals surface area contributed by atoms with Crippen molar-refractivity contribution in [2.24, 2.45) is 0 Å². The third kappa shape index (κ3) is 4.97. The molecule has 0 aliphatic heterocycles. The van der Waals surface area contributed by atoms with Gasteiger partial charge in [-0.15, -0.1) is 0 Å². The Bertz CT molecular complexity index is 661. The molecule has 1 amide bonds. The number of halogens is 1. The van der Waals surface area contributed by atoms with Crippen LogP contribution in [0.1, 0.15) is 11.1 Å². The second kappa shape index (κ2) is 8.55. The van der Waals surface area contributed by atoms with E-state index in [1.165, 1.54) is 7.11 Å². The van der Waals surface area contributed by atoms with Crippen molar-refractivity contribution in [1.29, 1.82) is 0 Å². The number of carbonyl (C=O) groups is 1. The van der Waals surface area contributed by atoms with E-state index in [2.05, 4.69) is 21.2 Å². The fourth-order valence-corrected chi connectivity index (χ4v) is 2.41. The van der Waals surface area contributed by atoms with Crippen LogP contribution in [0.2, 0.25) is 0 Å². The number of benzene rings is 2. The van der Waals surface area contributed by atoms with Crippen LogP contribution < -0.4 is 14.8 Å². The average Bonchev–Trinajstić information content (AvgIpc) is 2.59. The van der Waals surface area contributed by atoms with Gasteiger partial charge in [0, 0.05) is 11.0 Å². The monoisotopic (exact) mass is 379 g/mol. The highest BCUT2D eigenvalue weighted by Crippen LogP contribution is 2.33. The van der Waals surface area contributed by atoms with E-state index in [1.807, 2.05) is 30.3 Å². The van der Waals surface area contributed by atoms with E-state index in [0.717, 1.165) is 5.56 Å². The number of amides is 1. The van der Waals surface area contributed by atoms with Gasteiger partial charge in [-0.25, -0.2) is 0 Å². The minimum Gasteiger partial charge on any atom is -0.493 e. The Balaban J connectivity index is 1.92. The molecule has 0 saturated heterocycles. The van der Waals surface area contributed by atoms with Crippen molar-refractivity contribution in [3.8, 4) is 11.5 Å². The molecule has 0 spiro atoms. The molecular formula is C17H18BrNO4. The van der Waals surface area contributed by atoms with Gasteiger partial charge in [0.15, 0.2) is 18.1 Å². The third-order valence-electron chi connectivity index (χ3n) is 3.19. The topological polar surface area (TPSA) is 67.8 Å². The van der Waals surface area contributed by atoms with E-state index in [1.54, 1.807) is 12.1 Å². The first kappa shape index (κ1) is 17.3. The molecule has 2 aromatic carbocycles. The van der Waals surface area contributed by atoms with Crippen molar-refractivity contribution in [2.75, 3.05) is 13.7 Å². The van der Waals surface area contributed by atoms with Gasteiger partial charge < -0.3 is 19.9 Å². The number of aliphatic hydroxyl groups excluding tert-OH is 1. The molecule has 0 bridgehead atoms. The number of rotatable bonds is 7. The molecule has 0 radical (unpaired) electrons. The number of ether oxygens (including phenoxy) is 2. The molecule has 0 saturated carbocycles. The zero-order valence-corrected chi connectivity index (χ0v) is 14.3. The number of aliphatic hydroxyl groups is 1. The molecule has 2 N–H and O–H groups in total. The van der Waals surface area contributed by atoms with Crippen LogP contribution in [0.5, 0.6) is 11.5 Å². The van der Waals surface area contributed by atoms with Gasteiger partial charge >= 0.3 is 0 Å². The zero-order valence-electron chi connectivity index (χ0n) is 12.7. The van der Waals surface area contributed by atoms with Crippen LogP contribution in [0, 0.1) is 0 Å². The summed E-state index contributed by atoms with van der Waals surface area (Å²) in [6.45, 7) is 0.218. The maximum atomic E-state index is 11.9. The Labute approximate surface area is 143 Å². The summed E-state index contributed by atoms with van der Waals surface area (Å²) in [4.78, 5) is 11.9. The molecule has 0 heterocycles. The molecule has 0 aliphatic rings. The second-order valence-electron chi connectivity index (χ2n) is 4.80. The van der Waals surface area contributed by atoms with Crippen molar-refractivity contribution in [3.63, 3.8) is 0 Å². The summed E-state index contributed by atoms with van der Waals surface area (Å²) in [6, 6.07) is 13.0. The van der Waals surface area contributed by atoms with E-state index < -0.39 is 0 Å². The molecule has 0 atom stereocenters. The normalized spacial score (nSPS) is 10.2. The van der Waals surface area contributed by atoms with Crippen LogP contribution in [0.3, 0.4) is 0 Å². The van der Waals surface area contributed by atoms with Crippen LogP contribution >= 0.6 is 15.9 Å². The smallest absolute Gasteiger partial charge is 0.258 e. The van der Waals surface area contributed by atoms with Crippen LogP contribution in [0.15, 0.2) is 46.9 Å². The summed E-state index contributed by atoms with van der Waals surface area (Å²) < 4.78 is 11.4. The average molecular weight is 380 g/mol. The van der Waals surface area contributed by atoms with Gasteiger partial charge in [-0.05, 0) is 23.3 Å². The first-order chi connectivity index (χ1) is 11.1. The molecule has 0 aliphatic carbocycles. The summed E-state index contributed by atoms with van der Waals surface area (Å²) in [5, 5.41) is 12.0. The SMILES string of the molecule is COc1cc(CO)c(Br)cc1OCC(=O)NCc1ccccc1. The fraction of sp³-hybridized carbons (Fsp3) is 0.235. The lowest BCUT2D eigenvalue weighted by Gasteiger charge is -2.13. The summed E-state index contributed by atoms with van der Waals surface area (Å²) in [5.74, 6) is 0.679. The van der Waals surface area contributed by atoms with Crippen LogP contribution in [0.25, 0.3) is 0 Å². The van der Waals surface area contributed by atoms with Crippen molar-refractivity contribution in [3.05, 3.63) is 58.1 Å². The molecule has 6 heteroatoms. The highest BCUT2D eigenvalue weighted by atomic mass is 79.9. The first-order valence-corrected chi connectivity index (χ1v) is 7.84. The summed E-state index contributed by atoms with van der Waals surface area (Å²) >= 11 is 3.34. The maximum Gasteiger partial charge on any atom is 0.258 e. The molecule has 5 nitrogen and oxygen atoms in total. The Hall–Kier alpha value is -2.05. The number of methoxy groups -OCH3 is 1. The molecule has 2 rings (SSSR count). The van der Waals surface area contributed by atoms with Gasteiger partial charge in [0.05, 0.1) is 13.7 Å². The lowest BCUT2D eigenvalue weighted by atomic mass is 10.2. The van der Waals surface area contributed by atoms with E-state index in [0.29, 0.717) is 28.1 Å². The summed E-state index contributed by atoms with van der Waals surface area (Å²) in [7, 11) is 1.51. The van der Waals surface area contributed by atoms with Gasteiger partial charge in [-0.2, -0.15) is 0 Å².